The molecule has 2 atom stereocenters. The average molecular weight is 335 g/mol. The molecule has 0 heterocycles. The quantitative estimate of drug-likeness (QED) is 0.767. The van der Waals surface area contributed by atoms with Crippen LogP contribution in [-0.4, -0.2) is 53.1 Å². The lowest BCUT2D eigenvalue weighted by atomic mass is 9.93. The Morgan fingerprint density at radius 1 is 1.04 bits per heavy atom. The Morgan fingerprint density at radius 2 is 1.67 bits per heavy atom. The van der Waals surface area contributed by atoms with Crippen molar-refractivity contribution >= 4 is 0 Å². The summed E-state index contributed by atoms with van der Waals surface area (Å²) in [5.41, 5.74) is 2.33. The zero-order valence-corrected chi connectivity index (χ0v) is 15.4. The Labute approximate surface area is 146 Å². The molecule has 1 aliphatic rings. The lowest BCUT2D eigenvalue weighted by Crippen LogP contribution is -2.46. The highest BCUT2D eigenvalue weighted by Crippen LogP contribution is 2.23. The van der Waals surface area contributed by atoms with Crippen molar-refractivity contribution in [3.8, 4) is 5.75 Å². The van der Waals surface area contributed by atoms with Crippen molar-refractivity contribution < 1.29 is 14.9 Å². The third kappa shape index (κ3) is 6.42. The molecule has 0 aromatic heterocycles. The van der Waals surface area contributed by atoms with Crippen molar-refractivity contribution in [2.45, 2.75) is 71.1 Å². The maximum Gasteiger partial charge on any atom is 0.119 e. The number of hydrogen-bond donors (Lipinski definition) is 2. The van der Waals surface area contributed by atoms with Gasteiger partial charge in [-0.25, -0.2) is 0 Å². The summed E-state index contributed by atoms with van der Waals surface area (Å²) in [7, 11) is 0. The molecule has 0 saturated heterocycles. The number of aliphatic hydroxyl groups excluding tert-OH is 2. The molecule has 4 nitrogen and oxygen atoms in total. The first-order chi connectivity index (χ1) is 11.4. The van der Waals surface area contributed by atoms with Crippen molar-refractivity contribution in [1.82, 2.24) is 4.90 Å². The summed E-state index contributed by atoms with van der Waals surface area (Å²) in [5, 5.41) is 20.2. The van der Waals surface area contributed by atoms with Gasteiger partial charge in [0.25, 0.3) is 0 Å². The van der Waals surface area contributed by atoms with Gasteiger partial charge in [-0.1, -0.05) is 25.3 Å². The van der Waals surface area contributed by atoms with Crippen molar-refractivity contribution in [3.05, 3.63) is 29.3 Å². The van der Waals surface area contributed by atoms with E-state index in [0.29, 0.717) is 19.1 Å². The van der Waals surface area contributed by atoms with Gasteiger partial charge in [0.2, 0.25) is 0 Å². The molecule has 1 fully saturated rings. The molecule has 2 unspecified atom stereocenters. The lowest BCUT2D eigenvalue weighted by Gasteiger charge is -2.36. The van der Waals surface area contributed by atoms with E-state index in [-0.39, 0.29) is 12.7 Å². The van der Waals surface area contributed by atoms with Crippen LogP contribution in [0, 0.1) is 13.8 Å². The van der Waals surface area contributed by atoms with Gasteiger partial charge in [-0.3, -0.25) is 4.90 Å². The summed E-state index contributed by atoms with van der Waals surface area (Å²) in [4.78, 5) is 2.25. The highest BCUT2D eigenvalue weighted by Gasteiger charge is 2.24. The lowest BCUT2D eigenvalue weighted by molar-refractivity contribution is 0.0219. The second-order valence-electron chi connectivity index (χ2n) is 7.38. The van der Waals surface area contributed by atoms with Crippen LogP contribution in [0.3, 0.4) is 0 Å². The van der Waals surface area contributed by atoms with Gasteiger partial charge in [-0.05, 0) is 56.9 Å². The zero-order chi connectivity index (χ0) is 17.5. The monoisotopic (exact) mass is 335 g/mol. The predicted octanol–water partition coefficient (Wildman–Crippen LogP) is 3.06. The maximum atomic E-state index is 10.4. The molecule has 1 saturated carbocycles. The number of ether oxygens (including phenoxy) is 1. The zero-order valence-electron chi connectivity index (χ0n) is 15.4. The molecule has 0 bridgehead atoms. The van der Waals surface area contributed by atoms with E-state index >= 15 is 0 Å². The van der Waals surface area contributed by atoms with Crippen molar-refractivity contribution in [3.63, 3.8) is 0 Å². The third-order valence-corrected chi connectivity index (χ3v) is 4.67. The molecule has 0 spiro atoms. The molecular weight excluding hydrogens is 302 g/mol. The van der Waals surface area contributed by atoms with E-state index in [1.807, 2.05) is 32.9 Å². The molecule has 0 amide bonds. The van der Waals surface area contributed by atoms with E-state index in [2.05, 4.69) is 11.0 Å². The van der Waals surface area contributed by atoms with E-state index in [0.717, 1.165) is 29.7 Å². The minimum absolute atomic E-state index is 0.284. The van der Waals surface area contributed by atoms with Crippen LogP contribution in [0.4, 0.5) is 0 Å². The SMILES string of the molecule is Cc1cc(C)cc(OCC(O)CN(CC(C)O)C2CCCCC2)c1. The van der Waals surface area contributed by atoms with Gasteiger partial charge in [-0.15, -0.1) is 0 Å². The Hall–Kier alpha value is -1.10. The van der Waals surface area contributed by atoms with E-state index < -0.39 is 6.10 Å². The van der Waals surface area contributed by atoms with Crippen LogP contribution in [0.1, 0.15) is 50.2 Å². The molecule has 1 aromatic carbocycles. The number of rotatable bonds is 8. The van der Waals surface area contributed by atoms with E-state index in [1.54, 1.807) is 0 Å². The van der Waals surface area contributed by atoms with Crippen LogP contribution < -0.4 is 4.74 Å². The van der Waals surface area contributed by atoms with Crippen LogP contribution in [-0.2, 0) is 0 Å². The topological polar surface area (TPSA) is 52.9 Å². The summed E-state index contributed by atoms with van der Waals surface area (Å²) < 4.78 is 5.78. The highest BCUT2D eigenvalue weighted by molar-refractivity contribution is 5.32. The first-order valence-electron chi connectivity index (χ1n) is 9.25. The standard InChI is InChI=1S/C20H33NO3/c1-15-9-16(2)11-20(10-15)24-14-19(23)13-21(12-17(3)22)18-7-5-4-6-8-18/h9-11,17-19,22-23H,4-8,12-14H2,1-3H3. The minimum Gasteiger partial charge on any atom is -0.491 e. The summed E-state index contributed by atoms with van der Waals surface area (Å²) in [6.07, 6.45) is 5.20. The number of hydrogen-bond acceptors (Lipinski definition) is 4. The molecule has 2 rings (SSSR count). The van der Waals surface area contributed by atoms with Gasteiger partial charge in [0, 0.05) is 19.1 Å². The highest BCUT2D eigenvalue weighted by atomic mass is 16.5. The largest absolute Gasteiger partial charge is 0.491 e. The molecule has 136 valence electrons. The summed E-state index contributed by atoms with van der Waals surface area (Å²) >= 11 is 0. The summed E-state index contributed by atoms with van der Waals surface area (Å²) in [5.74, 6) is 0.811. The molecule has 1 aromatic rings. The van der Waals surface area contributed by atoms with Gasteiger partial charge in [0.05, 0.1) is 6.10 Å². The average Bonchev–Trinajstić information content (AvgIpc) is 2.52. The Bertz CT molecular complexity index is 477. The first kappa shape index (κ1) is 19.2. The predicted molar refractivity (Wildman–Crippen MR) is 97.5 cm³/mol. The smallest absolute Gasteiger partial charge is 0.119 e. The molecule has 24 heavy (non-hydrogen) atoms. The van der Waals surface area contributed by atoms with E-state index in [9.17, 15) is 10.2 Å². The van der Waals surface area contributed by atoms with Crippen LogP contribution in [0.25, 0.3) is 0 Å². The van der Waals surface area contributed by atoms with Crippen molar-refractivity contribution in [2.24, 2.45) is 0 Å². The molecule has 0 radical (unpaired) electrons. The van der Waals surface area contributed by atoms with Crippen LogP contribution >= 0.6 is 0 Å². The molecule has 2 N–H and O–H groups in total. The second-order valence-corrected chi connectivity index (χ2v) is 7.38. The van der Waals surface area contributed by atoms with Crippen LogP contribution in [0.2, 0.25) is 0 Å². The Balaban J connectivity index is 1.87. The van der Waals surface area contributed by atoms with Gasteiger partial charge in [-0.2, -0.15) is 0 Å². The fourth-order valence-electron chi connectivity index (χ4n) is 3.69. The van der Waals surface area contributed by atoms with E-state index in [1.165, 1.54) is 19.3 Å². The Morgan fingerprint density at radius 3 is 2.25 bits per heavy atom. The third-order valence-electron chi connectivity index (χ3n) is 4.67. The maximum absolute atomic E-state index is 10.4. The first-order valence-corrected chi connectivity index (χ1v) is 9.25. The molecule has 0 aliphatic heterocycles. The van der Waals surface area contributed by atoms with Crippen molar-refractivity contribution in [1.29, 1.82) is 0 Å². The molecule has 1 aliphatic carbocycles. The number of nitrogens with zero attached hydrogens (tertiary/aromatic N) is 1. The van der Waals surface area contributed by atoms with Gasteiger partial charge in [0.1, 0.15) is 18.5 Å². The van der Waals surface area contributed by atoms with Crippen molar-refractivity contribution in [2.75, 3.05) is 19.7 Å². The second kappa shape index (κ2) is 9.40. The molecule has 4 heteroatoms. The minimum atomic E-state index is -0.550. The summed E-state index contributed by atoms with van der Waals surface area (Å²) in [6.45, 7) is 7.36. The fraction of sp³-hybridized carbons (Fsp3) is 0.700. The summed E-state index contributed by atoms with van der Waals surface area (Å²) in [6, 6.07) is 6.57. The normalized spacial score (nSPS) is 18.6. The molecular formula is C20H33NO3. The number of aryl methyl sites for hydroxylation is 2. The van der Waals surface area contributed by atoms with Crippen LogP contribution in [0.15, 0.2) is 18.2 Å². The van der Waals surface area contributed by atoms with Gasteiger partial charge >= 0.3 is 0 Å². The van der Waals surface area contributed by atoms with Crippen LogP contribution in [0.5, 0.6) is 5.75 Å². The van der Waals surface area contributed by atoms with Gasteiger partial charge in [0.15, 0.2) is 0 Å². The number of aliphatic hydroxyl groups is 2. The fourth-order valence-corrected chi connectivity index (χ4v) is 3.69. The number of benzene rings is 1. The van der Waals surface area contributed by atoms with Gasteiger partial charge < -0.3 is 14.9 Å². The van der Waals surface area contributed by atoms with E-state index in [4.69, 9.17) is 4.74 Å². The Kier molecular flexibility index (Phi) is 7.53.